The minimum absolute atomic E-state index is 0.148. The van der Waals surface area contributed by atoms with Crippen molar-refractivity contribution < 1.29 is 13.2 Å². The zero-order valence-electron chi connectivity index (χ0n) is 11.6. The average molecular weight is 360 g/mol. The molecule has 1 saturated heterocycles. The monoisotopic (exact) mass is 359 g/mol. The van der Waals surface area contributed by atoms with Gasteiger partial charge in [-0.2, -0.15) is 4.31 Å². The molecule has 0 bridgehead atoms. The van der Waals surface area contributed by atoms with Crippen molar-refractivity contribution in [3.05, 3.63) is 18.2 Å². The maximum Gasteiger partial charge on any atom is 0.243 e. The Morgan fingerprint density at radius 2 is 2.09 bits per heavy atom. The van der Waals surface area contributed by atoms with E-state index < -0.39 is 10.0 Å². The van der Waals surface area contributed by atoms with Crippen LogP contribution in [0.3, 0.4) is 0 Å². The first-order valence-electron chi connectivity index (χ1n) is 6.77. The average Bonchev–Trinajstić information content (AvgIpc) is 3.15. The highest BCUT2D eigenvalue weighted by atomic mass is 35.5. The Morgan fingerprint density at radius 3 is 2.77 bits per heavy atom. The summed E-state index contributed by atoms with van der Waals surface area (Å²) in [6, 6.07) is 4.82. The fourth-order valence-corrected chi connectivity index (χ4v) is 4.96. The molecule has 0 spiro atoms. The predicted octanol–water partition coefficient (Wildman–Crippen LogP) is 2.26. The van der Waals surface area contributed by atoms with Crippen molar-refractivity contribution in [3.63, 3.8) is 0 Å². The lowest BCUT2D eigenvalue weighted by Gasteiger charge is -2.15. The molecule has 22 heavy (non-hydrogen) atoms. The van der Waals surface area contributed by atoms with E-state index in [0.717, 1.165) is 12.8 Å². The lowest BCUT2D eigenvalue weighted by atomic mass is 10.3. The fourth-order valence-electron chi connectivity index (χ4n) is 2.35. The Kier molecular flexibility index (Phi) is 4.35. The molecule has 0 atom stereocenters. The Balaban J connectivity index is 1.94. The summed E-state index contributed by atoms with van der Waals surface area (Å²) in [6.45, 7) is 1.14. The van der Waals surface area contributed by atoms with Crippen LogP contribution < -0.4 is 5.32 Å². The van der Waals surface area contributed by atoms with E-state index in [2.05, 4.69) is 10.3 Å². The molecular formula is C13H14ClN3O3S2. The molecule has 0 aliphatic carbocycles. The maximum absolute atomic E-state index is 12.5. The molecule has 1 fully saturated rings. The summed E-state index contributed by atoms with van der Waals surface area (Å²) in [6.07, 6.45) is 1.80. The smallest absolute Gasteiger partial charge is 0.243 e. The van der Waals surface area contributed by atoms with Gasteiger partial charge in [0.15, 0.2) is 5.13 Å². The van der Waals surface area contributed by atoms with Crippen LogP contribution in [-0.2, 0) is 14.8 Å². The van der Waals surface area contributed by atoms with Gasteiger partial charge in [-0.05, 0) is 31.0 Å². The van der Waals surface area contributed by atoms with Crippen molar-refractivity contribution in [2.24, 2.45) is 0 Å². The van der Waals surface area contributed by atoms with Crippen molar-refractivity contribution in [2.45, 2.75) is 17.7 Å². The minimum atomic E-state index is -3.44. The van der Waals surface area contributed by atoms with Crippen molar-refractivity contribution in [2.75, 3.05) is 24.3 Å². The van der Waals surface area contributed by atoms with Crippen LogP contribution in [0.15, 0.2) is 23.1 Å². The fraction of sp³-hybridized carbons (Fsp3) is 0.385. The van der Waals surface area contributed by atoms with Gasteiger partial charge in [-0.15, -0.1) is 11.6 Å². The van der Waals surface area contributed by atoms with Crippen LogP contribution in [0.4, 0.5) is 5.13 Å². The molecule has 118 valence electrons. The molecule has 1 amide bonds. The van der Waals surface area contributed by atoms with Crippen LogP contribution in [0.2, 0.25) is 0 Å². The number of carbonyl (C=O) groups is 1. The van der Waals surface area contributed by atoms with E-state index in [1.165, 1.54) is 15.6 Å². The van der Waals surface area contributed by atoms with Crippen LogP contribution in [0.5, 0.6) is 0 Å². The van der Waals surface area contributed by atoms with Gasteiger partial charge in [-0.1, -0.05) is 11.3 Å². The first kappa shape index (κ1) is 15.7. The molecule has 1 aromatic heterocycles. The first-order valence-corrected chi connectivity index (χ1v) is 9.56. The molecule has 3 rings (SSSR count). The molecule has 1 aromatic carbocycles. The molecule has 0 unspecified atom stereocenters. The number of benzene rings is 1. The van der Waals surface area contributed by atoms with Gasteiger partial charge in [0.05, 0.1) is 15.1 Å². The molecule has 2 aromatic rings. The number of nitrogens with one attached hydrogen (secondary N) is 1. The van der Waals surface area contributed by atoms with E-state index >= 15 is 0 Å². The largest absolute Gasteiger partial charge is 0.301 e. The normalized spacial score (nSPS) is 16.2. The van der Waals surface area contributed by atoms with Gasteiger partial charge in [0.2, 0.25) is 15.9 Å². The lowest BCUT2D eigenvalue weighted by molar-refractivity contribution is -0.113. The summed E-state index contributed by atoms with van der Waals surface area (Å²) in [5.74, 6) is -0.490. The highest BCUT2D eigenvalue weighted by Gasteiger charge is 2.27. The zero-order valence-corrected chi connectivity index (χ0v) is 14.0. The second-order valence-corrected chi connectivity index (χ2v) is 8.18. The Hall–Kier alpha value is -1.22. The highest BCUT2D eigenvalue weighted by Crippen LogP contribution is 2.30. The molecule has 6 nitrogen and oxygen atoms in total. The number of anilines is 1. The molecule has 0 radical (unpaired) electrons. The number of aromatic nitrogens is 1. The van der Waals surface area contributed by atoms with E-state index in [9.17, 15) is 13.2 Å². The Bertz CT molecular complexity index is 813. The number of sulfonamides is 1. The Labute approximate surface area is 137 Å². The van der Waals surface area contributed by atoms with E-state index in [-0.39, 0.29) is 16.7 Å². The van der Waals surface area contributed by atoms with Crippen molar-refractivity contribution >= 4 is 54.2 Å². The van der Waals surface area contributed by atoms with Gasteiger partial charge in [-0.25, -0.2) is 13.4 Å². The number of carbonyl (C=O) groups excluding carboxylic acids is 1. The van der Waals surface area contributed by atoms with Gasteiger partial charge in [0.1, 0.15) is 5.88 Å². The highest BCUT2D eigenvalue weighted by molar-refractivity contribution is 7.89. The third-order valence-electron chi connectivity index (χ3n) is 3.43. The number of nitrogens with zero attached hydrogens (tertiary/aromatic N) is 2. The molecular weight excluding hydrogens is 346 g/mol. The number of amides is 1. The zero-order chi connectivity index (χ0) is 15.7. The van der Waals surface area contributed by atoms with Gasteiger partial charge < -0.3 is 5.32 Å². The summed E-state index contributed by atoms with van der Waals surface area (Å²) in [5, 5.41) is 2.98. The van der Waals surface area contributed by atoms with Crippen LogP contribution in [0.1, 0.15) is 12.8 Å². The van der Waals surface area contributed by atoms with Crippen LogP contribution in [0.25, 0.3) is 10.2 Å². The predicted molar refractivity (Wildman–Crippen MR) is 87.0 cm³/mol. The summed E-state index contributed by atoms with van der Waals surface area (Å²) < 4.78 is 27.3. The van der Waals surface area contributed by atoms with E-state index in [0.29, 0.717) is 28.4 Å². The number of thiazole rings is 1. The van der Waals surface area contributed by atoms with Gasteiger partial charge in [0, 0.05) is 13.1 Å². The molecule has 0 saturated carbocycles. The summed E-state index contributed by atoms with van der Waals surface area (Å²) in [5.41, 5.74) is 0.648. The van der Waals surface area contributed by atoms with E-state index in [4.69, 9.17) is 11.6 Å². The van der Waals surface area contributed by atoms with Crippen molar-refractivity contribution in [1.29, 1.82) is 0 Å². The topological polar surface area (TPSA) is 79.4 Å². The number of hydrogen-bond donors (Lipinski definition) is 1. The quantitative estimate of drug-likeness (QED) is 0.849. The van der Waals surface area contributed by atoms with Crippen LogP contribution >= 0.6 is 22.9 Å². The number of rotatable bonds is 4. The Morgan fingerprint density at radius 1 is 1.36 bits per heavy atom. The lowest BCUT2D eigenvalue weighted by Crippen LogP contribution is -2.27. The van der Waals surface area contributed by atoms with Gasteiger partial charge >= 0.3 is 0 Å². The SMILES string of the molecule is O=C(CCl)Nc1nc2ccc(S(=O)(=O)N3CCCC3)cc2s1. The van der Waals surface area contributed by atoms with Crippen LogP contribution in [-0.4, -0.2) is 42.6 Å². The minimum Gasteiger partial charge on any atom is -0.301 e. The summed E-state index contributed by atoms with van der Waals surface area (Å²) in [7, 11) is -3.44. The van der Waals surface area contributed by atoms with Gasteiger partial charge in [-0.3, -0.25) is 4.79 Å². The van der Waals surface area contributed by atoms with E-state index in [1.54, 1.807) is 18.2 Å². The molecule has 1 aliphatic rings. The number of alkyl halides is 1. The summed E-state index contributed by atoms with van der Waals surface area (Å²) >= 11 is 6.67. The summed E-state index contributed by atoms with van der Waals surface area (Å²) in [4.78, 5) is 15.8. The van der Waals surface area contributed by atoms with Crippen molar-refractivity contribution in [1.82, 2.24) is 9.29 Å². The second kappa shape index (κ2) is 6.11. The third-order valence-corrected chi connectivity index (χ3v) is 6.50. The number of halogens is 1. The number of hydrogen-bond acceptors (Lipinski definition) is 5. The molecule has 9 heteroatoms. The maximum atomic E-state index is 12.5. The molecule has 1 N–H and O–H groups in total. The van der Waals surface area contributed by atoms with Gasteiger partial charge in [0.25, 0.3) is 0 Å². The van der Waals surface area contributed by atoms with E-state index in [1.807, 2.05) is 0 Å². The standard InChI is InChI=1S/C13H14ClN3O3S2/c14-8-12(18)16-13-15-10-4-3-9(7-11(10)21-13)22(19,20)17-5-1-2-6-17/h3-4,7H,1-2,5-6,8H2,(H,15,16,18). The van der Waals surface area contributed by atoms with Crippen molar-refractivity contribution in [3.8, 4) is 0 Å². The second-order valence-electron chi connectivity index (χ2n) is 4.94. The third kappa shape index (κ3) is 2.96. The van der Waals surface area contributed by atoms with Crippen LogP contribution in [0, 0.1) is 0 Å². The first-order chi connectivity index (χ1) is 10.5. The number of fused-ring (bicyclic) bond motifs is 1. The molecule has 1 aliphatic heterocycles. The molecule has 2 heterocycles.